The maximum absolute atomic E-state index is 11.7. The number of hydrogen-bond donors (Lipinski definition) is 1. The molecule has 1 amide bonds. The molecule has 0 bridgehead atoms. The van der Waals surface area contributed by atoms with Crippen LogP contribution in [0.15, 0.2) is 12.5 Å². The van der Waals surface area contributed by atoms with Gasteiger partial charge >= 0.3 is 0 Å². The summed E-state index contributed by atoms with van der Waals surface area (Å²) < 4.78 is 1.76. The Morgan fingerprint density at radius 1 is 1.64 bits per heavy atom. The molecule has 2 N–H and O–H groups in total. The average molecular weight is 194 g/mol. The van der Waals surface area contributed by atoms with Crippen LogP contribution in [0.1, 0.15) is 17.4 Å². The van der Waals surface area contributed by atoms with Gasteiger partial charge in [-0.05, 0) is 6.92 Å². The van der Waals surface area contributed by atoms with Crippen LogP contribution >= 0.6 is 0 Å². The molecule has 1 saturated heterocycles. The lowest BCUT2D eigenvalue weighted by molar-refractivity contribution is 0.0448. The minimum absolute atomic E-state index is 0.0338. The third kappa shape index (κ3) is 1.50. The van der Waals surface area contributed by atoms with Gasteiger partial charge in [-0.3, -0.25) is 4.79 Å². The standard InChI is InChI=1S/C9H14N4O/c1-9(10)4-13(5-9)8(14)7-3-12(2)6-11-7/h3,6H,4-5,10H2,1-2H3. The molecule has 76 valence electrons. The number of carbonyl (C=O) groups excluding carboxylic acids is 1. The highest BCUT2D eigenvalue weighted by Crippen LogP contribution is 2.19. The first-order chi connectivity index (χ1) is 6.48. The minimum Gasteiger partial charge on any atom is -0.340 e. The van der Waals surface area contributed by atoms with Crippen molar-refractivity contribution < 1.29 is 4.79 Å². The molecule has 0 atom stereocenters. The molecule has 0 unspecified atom stereocenters. The van der Waals surface area contributed by atoms with Crippen LogP contribution in [0.2, 0.25) is 0 Å². The van der Waals surface area contributed by atoms with Crippen LogP contribution in [0.5, 0.6) is 0 Å². The van der Waals surface area contributed by atoms with Gasteiger partial charge < -0.3 is 15.2 Å². The van der Waals surface area contributed by atoms with Crippen LogP contribution in [0, 0.1) is 0 Å². The first-order valence-electron chi connectivity index (χ1n) is 4.54. The number of imidazole rings is 1. The smallest absolute Gasteiger partial charge is 0.274 e. The molecule has 0 aromatic carbocycles. The van der Waals surface area contributed by atoms with E-state index in [1.165, 1.54) is 0 Å². The predicted octanol–water partition coefficient (Wildman–Crippen LogP) is -0.407. The van der Waals surface area contributed by atoms with E-state index in [4.69, 9.17) is 5.73 Å². The van der Waals surface area contributed by atoms with Crippen molar-refractivity contribution in [1.82, 2.24) is 14.5 Å². The Kier molecular flexibility index (Phi) is 1.85. The Bertz CT molecular complexity index is 361. The molecule has 5 nitrogen and oxygen atoms in total. The molecule has 5 heteroatoms. The Morgan fingerprint density at radius 3 is 2.71 bits per heavy atom. The highest BCUT2D eigenvalue weighted by atomic mass is 16.2. The molecule has 1 aliphatic heterocycles. The van der Waals surface area contributed by atoms with Gasteiger partial charge in [-0.2, -0.15) is 0 Å². The molecule has 0 radical (unpaired) electrons. The summed E-state index contributed by atoms with van der Waals surface area (Å²) in [6.45, 7) is 3.17. The Hall–Kier alpha value is -1.36. The van der Waals surface area contributed by atoms with Gasteiger partial charge in [0.15, 0.2) is 0 Å². The number of nitrogens with zero attached hydrogens (tertiary/aromatic N) is 3. The zero-order chi connectivity index (χ0) is 10.3. The number of aromatic nitrogens is 2. The summed E-state index contributed by atoms with van der Waals surface area (Å²) in [7, 11) is 1.84. The number of nitrogens with two attached hydrogens (primary N) is 1. The second-order valence-corrected chi connectivity index (χ2v) is 4.24. The molecule has 14 heavy (non-hydrogen) atoms. The van der Waals surface area contributed by atoms with Gasteiger partial charge in [0.2, 0.25) is 0 Å². The molecular weight excluding hydrogens is 180 g/mol. The van der Waals surface area contributed by atoms with E-state index in [0.717, 1.165) is 0 Å². The van der Waals surface area contributed by atoms with Crippen LogP contribution < -0.4 is 5.73 Å². The van der Waals surface area contributed by atoms with E-state index in [2.05, 4.69) is 4.98 Å². The quantitative estimate of drug-likeness (QED) is 0.661. The molecule has 2 rings (SSSR count). The lowest BCUT2D eigenvalue weighted by atomic mass is 9.93. The Balaban J connectivity index is 2.04. The monoisotopic (exact) mass is 194 g/mol. The van der Waals surface area contributed by atoms with Crippen molar-refractivity contribution in [1.29, 1.82) is 0 Å². The zero-order valence-corrected chi connectivity index (χ0v) is 8.40. The normalized spacial score (nSPS) is 19.2. The van der Waals surface area contributed by atoms with Crippen molar-refractivity contribution in [2.45, 2.75) is 12.5 Å². The van der Waals surface area contributed by atoms with Crippen LogP contribution in [-0.4, -0.2) is 39.0 Å². The minimum atomic E-state index is -0.218. The summed E-state index contributed by atoms with van der Waals surface area (Å²) in [4.78, 5) is 17.4. The molecule has 1 aliphatic rings. The van der Waals surface area contributed by atoms with Crippen molar-refractivity contribution in [3.63, 3.8) is 0 Å². The fourth-order valence-electron chi connectivity index (χ4n) is 1.65. The Morgan fingerprint density at radius 2 is 2.29 bits per heavy atom. The first-order valence-corrected chi connectivity index (χ1v) is 4.54. The van der Waals surface area contributed by atoms with Crippen LogP contribution in [0.3, 0.4) is 0 Å². The second-order valence-electron chi connectivity index (χ2n) is 4.24. The lowest BCUT2D eigenvalue weighted by Gasteiger charge is -2.45. The van der Waals surface area contributed by atoms with Crippen LogP contribution in [0.25, 0.3) is 0 Å². The van der Waals surface area contributed by atoms with E-state index in [1.54, 1.807) is 22.0 Å². The summed E-state index contributed by atoms with van der Waals surface area (Å²) in [5.41, 5.74) is 6.08. The third-order valence-corrected chi connectivity index (χ3v) is 2.32. The molecule has 0 aliphatic carbocycles. The van der Waals surface area contributed by atoms with Gasteiger partial charge in [-0.25, -0.2) is 4.98 Å². The zero-order valence-electron chi connectivity index (χ0n) is 8.40. The summed E-state index contributed by atoms with van der Waals surface area (Å²) >= 11 is 0. The molecule has 0 spiro atoms. The largest absolute Gasteiger partial charge is 0.340 e. The topological polar surface area (TPSA) is 64.2 Å². The van der Waals surface area contributed by atoms with Crippen LogP contribution in [0.4, 0.5) is 0 Å². The van der Waals surface area contributed by atoms with Crippen molar-refractivity contribution in [3.8, 4) is 0 Å². The number of likely N-dealkylation sites (tertiary alicyclic amines) is 1. The van der Waals surface area contributed by atoms with E-state index in [9.17, 15) is 4.79 Å². The molecule has 1 aromatic heterocycles. The van der Waals surface area contributed by atoms with Crippen molar-refractivity contribution in [2.24, 2.45) is 12.8 Å². The first kappa shape index (κ1) is 9.21. The van der Waals surface area contributed by atoms with Gasteiger partial charge in [0, 0.05) is 31.9 Å². The van der Waals surface area contributed by atoms with Gasteiger partial charge in [-0.15, -0.1) is 0 Å². The summed E-state index contributed by atoms with van der Waals surface area (Å²) in [6.07, 6.45) is 3.34. The maximum atomic E-state index is 11.7. The van der Waals surface area contributed by atoms with Crippen molar-refractivity contribution in [2.75, 3.05) is 13.1 Å². The molecule has 0 saturated carbocycles. The van der Waals surface area contributed by atoms with E-state index in [0.29, 0.717) is 18.8 Å². The highest BCUT2D eigenvalue weighted by molar-refractivity contribution is 5.92. The molecule has 1 fully saturated rings. The van der Waals surface area contributed by atoms with Crippen molar-refractivity contribution >= 4 is 5.91 Å². The number of amides is 1. The van der Waals surface area contributed by atoms with E-state index < -0.39 is 0 Å². The molecule has 2 heterocycles. The Labute approximate surface area is 82.5 Å². The van der Waals surface area contributed by atoms with E-state index >= 15 is 0 Å². The maximum Gasteiger partial charge on any atom is 0.274 e. The van der Waals surface area contributed by atoms with E-state index in [-0.39, 0.29) is 11.4 Å². The highest BCUT2D eigenvalue weighted by Gasteiger charge is 2.38. The van der Waals surface area contributed by atoms with Crippen LogP contribution in [-0.2, 0) is 7.05 Å². The number of carbonyl (C=O) groups is 1. The summed E-state index contributed by atoms with van der Waals surface area (Å²) in [5.74, 6) is -0.0338. The van der Waals surface area contributed by atoms with Gasteiger partial charge in [0.05, 0.1) is 6.33 Å². The van der Waals surface area contributed by atoms with Gasteiger partial charge in [-0.1, -0.05) is 0 Å². The second kappa shape index (κ2) is 2.81. The summed E-state index contributed by atoms with van der Waals surface area (Å²) in [5, 5.41) is 0. The number of rotatable bonds is 1. The van der Waals surface area contributed by atoms with Gasteiger partial charge in [0.1, 0.15) is 5.69 Å². The third-order valence-electron chi connectivity index (χ3n) is 2.32. The SMILES string of the molecule is Cn1cnc(C(=O)N2CC(C)(N)C2)c1. The predicted molar refractivity (Wildman–Crippen MR) is 51.7 cm³/mol. The van der Waals surface area contributed by atoms with Crippen molar-refractivity contribution in [3.05, 3.63) is 18.2 Å². The fourth-order valence-corrected chi connectivity index (χ4v) is 1.65. The van der Waals surface area contributed by atoms with E-state index in [1.807, 2.05) is 14.0 Å². The molecular formula is C9H14N4O. The fraction of sp³-hybridized carbons (Fsp3) is 0.556. The number of hydrogen-bond acceptors (Lipinski definition) is 3. The lowest BCUT2D eigenvalue weighted by Crippen LogP contribution is -2.66. The molecule has 1 aromatic rings. The average Bonchev–Trinajstić information content (AvgIpc) is 2.46. The number of aryl methyl sites for hydroxylation is 1. The van der Waals surface area contributed by atoms with Gasteiger partial charge in [0.25, 0.3) is 5.91 Å². The summed E-state index contributed by atoms with van der Waals surface area (Å²) in [6, 6.07) is 0.